The standard InChI is InChI=1S/C18H34N2O.ClH/c1-14(2)12-17-6-4-5-11-20(17)18(21)13-15(3)16-7-9-19-10-8-16;/h14-17,19H,4-13H2,1-3H3;1H. The molecule has 22 heavy (non-hydrogen) atoms. The SMILES string of the molecule is CC(C)CC1CCCCN1C(=O)CC(C)C1CCNCC1.Cl. The second-order valence-electron chi connectivity index (χ2n) is 7.64. The number of carbonyl (C=O) groups excluding carboxylic acids is 1. The molecule has 0 bridgehead atoms. The molecule has 0 aliphatic carbocycles. The van der Waals surface area contributed by atoms with Crippen LogP contribution in [0.15, 0.2) is 0 Å². The van der Waals surface area contributed by atoms with Gasteiger partial charge in [0.25, 0.3) is 0 Å². The van der Waals surface area contributed by atoms with E-state index in [4.69, 9.17) is 0 Å². The lowest BCUT2D eigenvalue weighted by molar-refractivity contribution is -0.136. The summed E-state index contributed by atoms with van der Waals surface area (Å²) in [6.45, 7) is 10.1. The van der Waals surface area contributed by atoms with Crippen LogP contribution in [0, 0.1) is 17.8 Å². The Hall–Kier alpha value is -0.280. The molecule has 0 radical (unpaired) electrons. The van der Waals surface area contributed by atoms with Crippen molar-refractivity contribution < 1.29 is 4.79 Å². The van der Waals surface area contributed by atoms with E-state index >= 15 is 0 Å². The van der Waals surface area contributed by atoms with Crippen LogP contribution in [-0.4, -0.2) is 36.5 Å². The Morgan fingerprint density at radius 1 is 1.14 bits per heavy atom. The van der Waals surface area contributed by atoms with E-state index in [1.54, 1.807) is 0 Å². The Kier molecular flexibility index (Phi) is 8.78. The number of rotatable bonds is 5. The minimum Gasteiger partial charge on any atom is -0.340 e. The predicted molar refractivity (Wildman–Crippen MR) is 95.4 cm³/mol. The minimum absolute atomic E-state index is 0. The van der Waals surface area contributed by atoms with E-state index in [1.807, 2.05) is 0 Å². The predicted octanol–water partition coefficient (Wildman–Crippen LogP) is 3.86. The molecule has 0 aromatic rings. The maximum absolute atomic E-state index is 12.8. The smallest absolute Gasteiger partial charge is 0.223 e. The van der Waals surface area contributed by atoms with Crippen molar-refractivity contribution in [3.63, 3.8) is 0 Å². The lowest BCUT2D eigenvalue weighted by atomic mass is 9.83. The molecule has 2 heterocycles. The van der Waals surface area contributed by atoms with Crippen LogP contribution in [0.3, 0.4) is 0 Å². The van der Waals surface area contributed by atoms with Gasteiger partial charge in [0.05, 0.1) is 0 Å². The molecule has 0 spiro atoms. The van der Waals surface area contributed by atoms with E-state index in [0.29, 0.717) is 23.8 Å². The fraction of sp³-hybridized carbons (Fsp3) is 0.944. The third-order valence-corrected chi connectivity index (χ3v) is 5.38. The largest absolute Gasteiger partial charge is 0.340 e. The summed E-state index contributed by atoms with van der Waals surface area (Å²) < 4.78 is 0. The van der Waals surface area contributed by atoms with Crippen molar-refractivity contribution in [2.24, 2.45) is 17.8 Å². The highest BCUT2D eigenvalue weighted by molar-refractivity contribution is 5.85. The number of piperidine rings is 2. The molecule has 2 aliphatic rings. The summed E-state index contributed by atoms with van der Waals surface area (Å²) in [5.41, 5.74) is 0. The summed E-state index contributed by atoms with van der Waals surface area (Å²) >= 11 is 0. The molecule has 3 nitrogen and oxygen atoms in total. The van der Waals surface area contributed by atoms with Gasteiger partial charge in [-0.3, -0.25) is 4.79 Å². The fourth-order valence-corrected chi connectivity index (χ4v) is 4.09. The molecule has 0 saturated carbocycles. The number of carbonyl (C=O) groups is 1. The number of nitrogens with one attached hydrogen (secondary N) is 1. The third-order valence-electron chi connectivity index (χ3n) is 5.38. The van der Waals surface area contributed by atoms with Gasteiger partial charge in [-0.15, -0.1) is 12.4 Å². The zero-order chi connectivity index (χ0) is 15.2. The van der Waals surface area contributed by atoms with Crippen molar-refractivity contribution in [3.05, 3.63) is 0 Å². The van der Waals surface area contributed by atoms with Gasteiger partial charge in [0, 0.05) is 19.0 Å². The summed E-state index contributed by atoms with van der Waals surface area (Å²) in [6, 6.07) is 0.506. The quantitative estimate of drug-likeness (QED) is 0.830. The average Bonchev–Trinajstić information content (AvgIpc) is 2.48. The molecular weight excluding hydrogens is 296 g/mol. The Bertz CT molecular complexity index is 329. The second-order valence-corrected chi connectivity index (χ2v) is 7.64. The molecule has 0 aromatic heterocycles. The van der Waals surface area contributed by atoms with Gasteiger partial charge in [-0.25, -0.2) is 0 Å². The van der Waals surface area contributed by atoms with Gasteiger partial charge >= 0.3 is 0 Å². The minimum atomic E-state index is 0. The van der Waals surface area contributed by atoms with Crippen LogP contribution in [0.5, 0.6) is 0 Å². The first-order chi connectivity index (χ1) is 10.1. The van der Waals surface area contributed by atoms with Crippen LogP contribution in [0.2, 0.25) is 0 Å². The van der Waals surface area contributed by atoms with Crippen molar-refractivity contribution >= 4 is 18.3 Å². The maximum Gasteiger partial charge on any atom is 0.223 e. The number of likely N-dealkylation sites (tertiary alicyclic amines) is 1. The summed E-state index contributed by atoms with van der Waals surface area (Å²) in [6.07, 6.45) is 8.12. The van der Waals surface area contributed by atoms with Crippen molar-refractivity contribution in [2.75, 3.05) is 19.6 Å². The first-order valence-electron chi connectivity index (χ1n) is 9.08. The molecule has 130 valence electrons. The van der Waals surface area contributed by atoms with Crippen LogP contribution in [-0.2, 0) is 4.79 Å². The first kappa shape index (κ1) is 19.8. The van der Waals surface area contributed by atoms with Crippen LogP contribution >= 0.6 is 12.4 Å². The van der Waals surface area contributed by atoms with E-state index in [1.165, 1.54) is 38.5 Å². The summed E-state index contributed by atoms with van der Waals surface area (Å²) in [4.78, 5) is 15.0. The Labute approximate surface area is 143 Å². The molecule has 2 fully saturated rings. The van der Waals surface area contributed by atoms with E-state index in [9.17, 15) is 4.79 Å². The number of nitrogens with zero attached hydrogens (tertiary/aromatic N) is 1. The van der Waals surface area contributed by atoms with Gasteiger partial charge in [0.2, 0.25) is 5.91 Å². The monoisotopic (exact) mass is 330 g/mol. The summed E-state index contributed by atoms with van der Waals surface area (Å²) in [5, 5.41) is 3.42. The topological polar surface area (TPSA) is 32.3 Å². The van der Waals surface area contributed by atoms with Gasteiger partial charge in [0.1, 0.15) is 0 Å². The lowest BCUT2D eigenvalue weighted by Gasteiger charge is -2.38. The van der Waals surface area contributed by atoms with Crippen LogP contribution in [0.4, 0.5) is 0 Å². The summed E-state index contributed by atoms with van der Waals surface area (Å²) in [7, 11) is 0. The van der Waals surface area contributed by atoms with Gasteiger partial charge in [-0.1, -0.05) is 20.8 Å². The molecule has 1 N–H and O–H groups in total. The molecule has 1 amide bonds. The van der Waals surface area contributed by atoms with Crippen LogP contribution in [0.1, 0.15) is 65.7 Å². The Morgan fingerprint density at radius 2 is 1.82 bits per heavy atom. The number of amides is 1. The first-order valence-corrected chi connectivity index (χ1v) is 9.08. The number of halogens is 1. The highest BCUT2D eigenvalue weighted by atomic mass is 35.5. The number of hydrogen-bond donors (Lipinski definition) is 1. The third kappa shape index (κ3) is 5.73. The van der Waals surface area contributed by atoms with Gasteiger partial charge < -0.3 is 10.2 Å². The van der Waals surface area contributed by atoms with Crippen molar-refractivity contribution in [1.29, 1.82) is 0 Å². The second kappa shape index (κ2) is 9.77. The molecular formula is C18H35ClN2O. The highest BCUT2D eigenvalue weighted by Gasteiger charge is 2.29. The van der Waals surface area contributed by atoms with Crippen LogP contribution < -0.4 is 5.32 Å². The Balaban J connectivity index is 0.00000242. The van der Waals surface area contributed by atoms with Crippen molar-refractivity contribution in [2.45, 2.75) is 71.8 Å². The van der Waals surface area contributed by atoms with Crippen molar-refractivity contribution in [3.8, 4) is 0 Å². The van der Waals surface area contributed by atoms with E-state index < -0.39 is 0 Å². The molecule has 2 saturated heterocycles. The van der Waals surface area contributed by atoms with Gasteiger partial charge in [-0.05, 0) is 69.4 Å². The molecule has 4 heteroatoms. The van der Waals surface area contributed by atoms with Crippen LogP contribution in [0.25, 0.3) is 0 Å². The zero-order valence-corrected chi connectivity index (χ0v) is 15.5. The molecule has 2 aliphatic heterocycles. The fourth-order valence-electron chi connectivity index (χ4n) is 4.09. The van der Waals surface area contributed by atoms with Gasteiger partial charge in [0.15, 0.2) is 0 Å². The Morgan fingerprint density at radius 3 is 2.45 bits per heavy atom. The van der Waals surface area contributed by atoms with Gasteiger partial charge in [-0.2, -0.15) is 0 Å². The normalized spacial score (nSPS) is 24.9. The molecule has 2 atom stereocenters. The van der Waals surface area contributed by atoms with E-state index in [-0.39, 0.29) is 12.4 Å². The molecule has 2 rings (SSSR count). The zero-order valence-electron chi connectivity index (χ0n) is 14.6. The van der Waals surface area contributed by atoms with E-state index in [0.717, 1.165) is 32.0 Å². The van der Waals surface area contributed by atoms with E-state index in [2.05, 4.69) is 31.0 Å². The lowest BCUT2D eigenvalue weighted by Crippen LogP contribution is -2.45. The maximum atomic E-state index is 12.8. The van der Waals surface area contributed by atoms with Crippen molar-refractivity contribution in [1.82, 2.24) is 10.2 Å². The number of hydrogen-bond acceptors (Lipinski definition) is 2. The summed E-state index contributed by atoms with van der Waals surface area (Å²) in [5.74, 6) is 2.39. The molecule has 2 unspecified atom stereocenters. The average molecular weight is 331 g/mol. The highest BCUT2D eigenvalue weighted by Crippen LogP contribution is 2.28. The molecule has 0 aromatic carbocycles.